The van der Waals surface area contributed by atoms with Crippen molar-refractivity contribution in [3.8, 4) is 0 Å². The van der Waals surface area contributed by atoms with Gasteiger partial charge in [0.2, 0.25) is 0 Å². The molecule has 0 aliphatic rings. The van der Waals surface area contributed by atoms with Crippen molar-refractivity contribution in [3.05, 3.63) is 53.1 Å². The van der Waals surface area contributed by atoms with E-state index in [-0.39, 0.29) is 11.7 Å². The molecular weight excluding hydrogens is 376 g/mol. The number of hydrogen-bond donors (Lipinski definition) is 1. The van der Waals surface area contributed by atoms with Crippen LogP contribution in [0.15, 0.2) is 46.0 Å². The number of amides is 1. The van der Waals surface area contributed by atoms with Crippen molar-refractivity contribution < 1.29 is 18.7 Å². The largest absolute Gasteiger partial charge is 0.452 e. The lowest BCUT2D eigenvalue weighted by Gasteiger charge is -2.16. The van der Waals surface area contributed by atoms with Gasteiger partial charge >= 0.3 is 5.97 Å². The molecule has 0 saturated heterocycles. The Morgan fingerprint density at radius 3 is 2.54 bits per heavy atom. The summed E-state index contributed by atoms with van der Waals surface area (Å²) in [6.45, 7) is 7.42. The van der Waals surface area contributed by atoms with Gasteiger partial charge < -0.3 is 14.5 Å². The standard InChI is InChI=1S/C21H22N2O4S/c1-12-9-13(2)19(14(3)10-12)23-20(25)15(4)26-18(24)11-28-21-22-16-7-5-6-8-17(16)27-21/h5-10,15H,11H2,1-4H3,(H,23,25). The van der Waals surface area contributed by atoms with Crippen LogP contribution in [0.4, 0.5) is 5.69 Å². The number of hydrogen-bond acceptors (Lipinski definition) is 6. The van der Waals surface area contributed by atoms with Crippen LogP contribution in [-0.4, -0.2) is 28.7 Å². The summed E-state index contributed by atoms with van der Waals surface area (Å²) < 4.78 is 10.8. The van der Waals surface area contributed by atoms with Gasteiger partial charge in [0.25, 0.3) is 11.1 Å². The summed E-state index contributed by atoms with van der Waals surface area (Å²) in [4.78, 5) is 28.8. The first-order chi connectivity index (χ1) is 13.3. The van der Waals surface area contributed by atoms with Crippen molar-refractivity contribution in [2.75, 3.05) is 11.1 Å². The zero-order valence-corrected chi connectivity index (χ0v) is 17.1. The first-order valence-corrected chi connectivity index (χ1v) is 9.88. The summed E-state index contributed by atoms with van der Waals surface area (Å²) in [5.41, 5.74) is 5.21. The molecule has 6 nitrogen and oxygen atoms in total. The van der Waals surface area contributed by atoms with E-state index in [1.165, 1.54) is 0 Å². The van der Waals surface area contributed by atoms with E-state index in [1.54, 1.807) is 6.92 Å². The van der Waals surface area contributed by atoms with Gasteiger partial charge in [-0.15, -0.1) is 0 Å². The van der Waals surface area contributed by atoms with Crippen LogP contribution in [0.25, 0.3) is 11.1 Å². The number of aryl methyl sites for hydroxylation is 3. The molecule has 1 amide bonds. The van der Waals surface area contributed by atoms with E-state index in [0.29, 0.717) is 10.8 Å². The Labute approximate surface area is 167 Å². The number of ether oxygens (including phenoxy) is 1. The molecule has 1 heterocycles. The van der Waals surface area contributed by atoms with Crippen LogP contribution < -0.4 is 5.32 Å². The van der Waals surface area contributed by atoms with E-state index in [1.807, 2.05) is 57.2 Å². The molecule has 7 heteroatoms. The van der Waals surface area contributed by atoms with Crippen LogP contribution >= 0.6 is 11.8 Å². The monoisotopic (exact) mass is 398 g/mol. The van der Waals surface area contributed by atoms with Crippen LogP contribution in [-0.2, 0) is 14.3 Å². The zero-order chi connectivity index (χ0) is 20.3. The quantitative estimate of drug-likeness (QED) is 0.489. The van der Waals surface area contributed by atoms with Gasteiger partial charge in [0.05, 0.1) is 0 Å². The Morgan fingerprint density at radius 2 is 1.86 bits per heavy atom. The Balaban J connectivity index is 1.54. The topological polar surface area (TPSA) is 81.4 Å². The summed E-state index contributed by atoms with van der Waals surface area (Å²) >= 11 is 1.13. The van der Waals surface area contributed by atoms with Gasteiger partial charge in [0, 0.05) is 5.69 Å². The first kappa shape index (κ1) is 19.9. The number of benzene rings is 2. The minimum Gasteiger partial charge on any atom is -0.452 e. The lowest BCUT2D eigenvalue weighted by atomic mass is 10.0. The molecule has 1 atom stereocenters. The average Bonchev–Trinajstić information content (AvgIpc) is 3.05. The fourth-order valence-corrected chi connectivity index (χ4v) is 3.54. The molecule has 3 rings (SSSR count). The van der Waals surface area contributed by atoms with Crippen molar-refractivity contribution in [1.82, 2.24) is 4.98 Å². The minimum absolute atomic E-state index is 0.00697. The third kappa shape index (κ3) is 4.72. The predicted octanol–water partition coefficient (Wildman–Crippen LogP) is 4.42. The van der Waals surface area contributed by atoms with Crippen molar-refractivity contribution in [1.29, 1.82) is 0 Å². The third-order valence-electron chi connectivity index (χ3n) is 4.19. The number of anilines is 1. The molecule has 28 heavy (non-hydrogen) atoms. The molecule has 2 aromatic carbocycles. The fourth-order valence-electron chi connectivity index (χ4n) is 2.92. The highest BCUT2D eigenvalue weighted by atomic mass is 32.2. The normalized spacial score (nSPS) is 12.0. The predicted molar refractivity (Wildman–Crippen MR) is 110 cm³/mol. The highest BCUT2D eigenvalue weighted by Crippen LogP contribution is 2.24. The average molecular weight is 398 g/mol. The maximum Gasteiger partial charge on any atom is 0.317 e. The SMILES string of the molecule is Cc1cc(C)c(NC(=O)C(C)OC(=O)CSc2nc3ccccc3o2)c(C)c1. The number of para-hydroxylation sites is 2. The maximum absolute atomic E-state index is 12.4. The number of oxazole rings is 1. The summed E-state index contributed by atoms with van der Waals surface area (Å²) in [6.07, 6.45) is -0.906. The Bertz CT molecular complexity index is 972. The summed E-state index contributed by atoms with van der Waals surface area (Å²) in [6, 6.07) is 11.4. The highest BCUT2D eigenvalue weighted by Gasteiger charge is 2.20. The Kier molecular flexibility index (Phi) is 6.04. The molecule has 1 N–H and O–H groups in total. The number of thioether (sulfide) groups is 1. The second kappa shape index (κ2) is 8.48. The number of nitrogens with one attached hydrogen (secondary N) is 1. The van der Waals surface area contributed by atoms with Crippen LogP contribution in [0.5, 0.6) is 0 Å². The first-order valence-electron chi connectivity index (χ1n) is 8.90. The van der Waals surface area contributed by atoms with Gasteiger partial charge in [-0.2, -0.15) is 0 Å². The second-order valence-electron chi connectivity index (χ2n) is 6.63. The molecule has 146 valence electrons. The number of aromatic nitrogens is 1. The van der Waals surface area contributed by atoms with E-state index in [2.05, 4.69) is 10.3 Å². The van der Waals surface area contributed by atoms with Gasteiger partial charge in [-0.05, 0) is 51.0 Å². The summed E-state index contributed by atoms with van der Waals surface area (Å²) in [5, 5.41) is 3.24. The van der Waals surface area contributed by atoms with Crippen molar-refractivity contribution >= 4 is 40.4 Å². The number of nitrogens with zero attached hydrogens (tertiary/aromatic N) is 1. The maximum atomic E-state index is 12.4. The molecule has 0 spiro atoms. The molecule has 0 bridgehead atoms. The summed E-state index contributed by atoms with van der Waals surface area (Å²) in [7, 11) is 0. The molecule has 0 saturated carbocycles. The molecular formula is C21H22N2O4S. The molecule has 0 aliphatic carbocycles. The molecule has 3 aromatic rings. The third-order valence-corrected chi connectivity index (χ3v) is 4.99. The van der Waals surface area contributed by atoms with Crippen LogP contribution in [0, 0.1) is 20.8 Å². The number of carbonyl (C=O) groups is 2. The Hall–Kier alpha value is -2.80. The minimum atomic E-state index is -0.906. The van der Waals surface area contributed by atoms with E-state index >= 15 is 0 Å². The molecule has 0 aliphatic heterocycles. The smallest absolute Gasteiger partial charge is 0.317 e. The highest BCUT2D eigenvalue weighted by molar-refractivity contribution is 7.99. The van der Waals surface area contributed by atoms with Gasteiger partial charge in [-0.1, -0.05) is 41.6 Å². The molecule has 0 fully saturated rings. The van der Waals surface area contributed by atoms with Crippen molar-refractivity contribution in [2.24, 2.45) is 0 Å². The Morgan fingerprint density at radius 1 is 1.18 bits per heavy atom. The number of fused-ring (bicyclic) bond motifs is 1. The van der Waals surface area contributed by atoms with Gasteiger partial charge in [-0.25, -0.2) is 4.98 Å². The van der Waals surface area contributed by atoms with E-state index < -0.39 is 12.1 Å². The van der Waals surface area contributed by atoms with Crippen molar-refractivity contribution in [3.63, 3.8) is 0 Å². The number of carbonyl (C=O) groups excluding carboxylic acids is 2. The molecule has 1 aromatic heterocycles. The van der Waals surface area contributed by atoms with Crippen molar-refractivity contribution in [2.45, 2.75) is 39.0 Å². The van der Waals surface area contributed by atoms with Crippen LogP contribution in [0.3, 0.4) is 0 Å². The van der Waals surface area contributed by atoms with E-state index in [9.17, 15) is 9.59 Å². The van der Waals surface area contributed by atoms with Crippen LogP contribution in [0.2, 0.25) is 0 Å². The number of esters is 1. The number of rotatable bonds is 6. The fraction of sp³-hybridized carbons (Fsp3) is 0.286. The summed E-state index contributed by atoms with van der Waals surface area (Å²) in [5.74, 6) is -0.866. The second-order valence-corrected chi connectivity index (χ2v) is 7.56. The molecule has 0 radical (unpaired) electrons. The van der Waals surface area contributed by atoms with Crippen LogP contribution in [0.1, 0.15) is 23.6 Å². The van der Waals surface area contributed by atoms with E-state index in [4.69, 9.17) is 9.15 Å². The van der Waals surface area contributed by atoms with Gasteiger partial charge in [-0.3, -0.25) is 9.59 Å². The zero-order valence-electron chi connectivity index (χ0n) is 16.2. The molecule has 1 unspecified atom stereocenters. The van der Waals surface area contributed by atoms with E-state index in [0.717, 1.165) is 39.7 Å². The lowest BCUT2D eigenvalue weighted by Crippen LogP contribution is -2.31. The van der Waals surface area contributed by atoms with Gasteiger partial charge in [0.15, 0.2) is 11.7 Å². The van der Waals surface area contributed by atoms with Gasteiger partial charge in [0.1, 0.15) is 11.3 Å². The lowest BCUT2D eigenvalue weighted by molar-refractivity contribution is -0.150.